The molecule has 1 aromatic carbocycles. The third-order valence-corrected chi connectivity index (χ3v) is 2.82. The zero-order chi connectivity index (χ0) is 14.7. The van der Waals surface area contributed by atoms with Crippen LogP contribution in [0.5, 0.6) is 5.75 Å². The Morgan fingerprint density at radius 2 is 2.00 bits per heavy atom. The molecule has 0 atom stereocenters. The van der Waals surface area contributed by atoms with Crippen LogP contribution in [0.3, 0.4) is 0 Å². The second-order valence-corrected chi connectivity index (χ2v) is 4.35. The molecule has 0 unspecified atom stereocenters. The molecular weight excluding hydrogens is 272 g/mol. The molecule has 0 saturated carbocycles. The molecule has 0 aliphatic heterocycles. The number of ketones is 1. The Morgan fingerprint density at radius 3 is 2.67 bits per heavy atom. The molecule has 106 valence electrons. The van der Waals surface area contributed by atoms with Gasteiger partial charge in [-0.05, 0) is 43.3 Å². The van der Waals surface area contributed by atoms with Gasteiger partial charge in [0.2, 0.25) is 0 Å². The van der Waals surface area contributed by atoms with Gasteiger partial charge >= 0.3 is 0 Å². The van der Waals surface area contributed by atoms with Crippen LogP contribution in [0.2, 0.25) is 0 Å². The Kier molecular flexibility index (Phi) is 3.51. The normalized spacial score (nSPS) is 10.5. The number of benzene rings is 1. The van der Waals surface area contributed by atoms with Crippen molar-refractivity contribution in [1.29, 1.82) is 0 Å². The minimum absolute atomic E-state index is 0.0153. The van der Waals surface area contributed by atoms with Gasteiger partial charge in [-0.1, -0.05) is 0 Å². The van der Waals surface area contributed by atoms with E-state index in [1.54, 1.807) is 36.4 Å². The number of carbonyl (C=O) groups is 1. The summed E-state index contributed by atoms with van der Waals surface area (Å²) in [6.07, 6.45) is 1.53. The van der Waals surface area contributed by atoms with E-state index in [2.05, 4.69) is 10.2 Å². The molecule has 0 saturated heterocycles. The molecule has 2 aromatic heterocycles. The second kappa shape index (κ2) is 5.62. The summed E-state index contributed by atoms with van der Waals surface area (Å²) in [6.45, 7) is 1.66. The van der Waals surface area contributed by atoms with Gasteiger partial charge in [-0.2, -0.15) is 0 Å². The van der Waals surface area contributed by atoms with E-state index in [4.69, 9.17) is 13.6 Å². The first-order chi connectivity index (χ1) is 10.2. The smallest absolute Gasteiger partial charge is 0.283 e. The van der Waals surface area contributed by atoms with Gasteiger partial charge in [0.1, 0.15) is 5.75 Å². The molecule has 21 heavy (non-hydrogen) atoms. The van der Waals surface area contributed by atoms with Crippen molar-refractivity contribution in [3.8, 4) is 17.4 Å². The van der Waals surface area contributed by atoms with E-state index in [0.29, 0.717) is 28.9 Å². The highest BCUT2D eigenvalue weighted by molar-refractivity contribution is 5.94. The van der Waals surface area contributed by atoms with Crippen LogP contribution in [0.25, 0.3) is 11.7 Å². The zero-order valence-electron chi connectivity index (χ0n) is 11.3. The average molecular weight is 284 g/mol. The van der Waals surface area contributed by atoms with Crippen molar-refractivity contribution in [3.63, 3.8) is 0 Å². The minimum atomic E-state index is 0.0153. The maximum absolute atomic E-state index is 11.2. The van der Waals surface area contributed by atoms with Crippen molar-refractivity contribution in [2.24, 2.45) is 0 Å². The predicted octanol–water partition coefficient (Wildman–Crippen LogP) is 3.11. The Bertz CT molecular complexity index is 729. The number of carbonyl (C=O) groups excluding carboxylic acids is 1. The molecule has 0 spiro atoms. The molecule has 0 N–H and O–H groups in total. The van der Waals surface area contributed by atoms with Crippen LogP contribution in [0.1, 0.15) is 23.2 Å². The number of hydrogen-bond donors (Lipinski definition) is 0. The summed E-state index contributed by atoms with van der Waals surface area (Å²) in [5.41, 5.74) is 0.639. The molecule has 0 aliphatic rings. The molecular formula is C15H12N2O4. The van der Waals surface area contributed by atoms with Crippen molar-refractivity contribution in [3.05, 3.63) is 54.1 Å². The first kappa shape index (κ1) is 13.1. The van der Waals surface area contributed by atoms with Crippen molar-refractivity contribution in [2.45, 2.75) is 13.5 Å². The molecule has 0 bridgehead atoms. The van der Waals surface area contributed by atoms with E-state index in [0.717, 1.165) is 0 Å². The molecule has 2 heterocycles. The Balaban J connectivity index is 1.64. The van der Waals surface area contributed by atoms with E-state index in [-0.39, 0.29) is 12.4 Å². The summed E-state index contributed by atoms with van der Waals surface area (Å²) >= 11 is 0. The first-order valence-corrected chi connectivity index (χ1v) is 6.32. The van der Waals surface area contributed by atoms with E-state index >= 15 is 0 Å². The first-order valence-electron chi connectivity index (χ1n) is 6.32. The van der Waals surface area contributed by atoms with E-state index in [1.165, 1.54) is 13.2 Å². The molecule has 0 amide bonds. The quantitative estimate of drug-likeness (QED) is 0.670. The fourth-order valence-corrected chi connectivity index (χ4v) is 1.74. The molecule has 0 fully saturated rings. The second-order valence-electron chi connectivity index (χ2n) is 4.35. The zero-order valence-corrected chi connectivity index (χ0v) is 11.3. The molecule has 3 rings (SSSR count). The fourth-order valence-electron chi connectivity index (χ4n) is 1.74. The molecule has 0 radical (unpaired) electrons. The van der Waals surface area contributed by atoms with Crippen LogP contribution >= 0.6 is 0 Å². The molecule has 3 aromatic rings. The van der Waals surface area contributed by atoms with Crippen molar-refractivity contribution in [1.82, 2.24) is 10.2 Å². The van der Waals surface area contributed by atoms with Crippen molar-refractivity contribution in [2.75, 3.05) is 0 Å². The SMILES string of the molecule is CC(=O)c1ccc(OCc2nnc(-c3ccco3)o2)cc1. The molecule has 0 aliphatic carbocycles. The van der Waals surface area contributed by atoms with Gasteiger partial charge in [0.05, 0.1) is 6.26 Å². The van der Waals surface area contributed by atoms with Crippen LogP contribution in [0.15, 0.2) is 51.5 Å². The largest absolute Gasteiger partial charge is 0.484 e. The van der Waals surface area contributed by atoms with Crippen LogP contribution in [0.4, 0.5) is 0 Å². The van der Waals surface area contributed by atoms with Crippen molar-refractivity contribution < 1.29 is 18.4 Å². The maximum atomic E-state index is 11.2. The molecule has 6 heteroatoms. The summed E-state index contributed by atoms with van der Waals surface area (Å²) in [5.74, 6) is 1.81. The van der Waals surface area contributed by atoms with E-state index in [9.17, 15) is 4.79 Å². The fraction of sp³-hybridized carbons (Fsp3) is 0.133. The van der Waals surface area contributed by atoms with Gasteiger partial charge < -0.3 is 13.6 Å². The average Bonchev–Trinajstić information content (AvgIpc) is 3.16. The van der Waals surface area contributed by atoms with Gasteiger partial charge in [0.15, 0.2) is 18.2 Å². The van der Waals surface area contributed by atoms with Gasteiger partial charge in [0, 0.05) is 5.56 Å². The van der Waals surface area contributed by atoms with Crippen molar-refractivity contribution >= 4 is 5.78 Å². The lowest BCUT2D eigenvalue weighted by molar-refractivity contribution is 0.101. The number of furan rings is 1. The Hall–Kier alpha value is -2.89. The lowest BCUT2D eigenvalue weighted by atomic mass is 10.1. The highest BCUT2D eigenvalue weighted by atomic mass is 16.5. The van der Waals surface area contributed by atoms with Gasteiger partial charge in [-0.25, -0.2) is 0 Å². The number of Topliss-reactive ketones (excluding diaryl/α,β-unsaturated/α-hetero) is 1. The predicted molar refractivity (Wildman–Crippen MR) is 72.8 cm³/mol. The Labute approximate surface area is 120 Å². The minimum Gasteiger partial charge on any atom is -0.484 e. The number of nitrogens with zero attached hydrogens (tertiary/aromatic N) is 2. The third-order valence-electron chi connectivity index (χ3n) is 2.82. The Morgan fingerprint density at radius 1 is 1.19 bits per heavy atom. The number of rotatable bonds is 5. The topological polar surface area (TPSA) is 78.4 Å². The van der Waals surface area contributed by atoms with Crippen LogP contribution < -0.4 is 4.74 Å². The summed E-state index contributed by atoms with van der Waals surface area (Å²) in [5, 5.41) is 7.75. The third kappa shape index (κ3) is 3.00. The maximum Gasteiger partial charge on any atom is 0.283 e. The lowest BCUT2D eigenvalue weighted by Gasteiger charge is -2.03. The highest BCUT2D eigenvalue weighted by Crippen LogP contribution is 2.19. The van der Waals surface area contributed by atoms with Gasteiger partial charge in [-0.15, -0.1) is 10.2 Å². The summed E-state index contributed by atoms with van der Waals surface area (Å²) in [4.78, 5) is 11.2. The number of aromatic nitrogens is 2. The summed E-state index contributed by atoms with van der Waals surface area (Å²) < 4.78 is 16.1. The highest BCUT2D eigenvalue weighted by Gasteiger charge is 2.11. The number of hydrogen-bond acceptors (Lipinski definition) is 6. The van der Waals surface area contributed by atoms with Crippen LogP contribution in [-0.2, 0) is 6.61 Å². The molecule has 6 nitrogen and oxygen atoms in total. The lowest BCUT2D eigenvalue weighted by Crippen LogP contribution is -1.97. The summed E-state index contributed by atoms with van der Waals surface area (Å²) in [7, 11) is 0. The monoisotopic (exact) mass is 284 g/mol. The van der Waals surface area contributed by atoms with E-state index in [1.807, 2.05) is 0 Å². The van der Waals surface area contributed by atoms with Crippen LogP contribution in [-0.4, -0.2) is 16.0 Å². The van der Waals surface area contributed by atoms with E-state index < -0.39 is 0 Å². The van der Waals surface area contributed by atoms with Crippen LogP contribution in [0, 0.1) is 0 Å². The number of ether oxygens (including phenoxy) is 1. The van der Waals surface area contributed by atoms with Gasteiger partial charge in [-0.3, -0.25) is 4.79 Å². The standard InChI is InChI=1S/C15H12N2O4/c1-10(18)11-4-6-12(7-5-11)20-9-14-16-17-15(21-14)13-3-2-8-19-13/h2-8H,9H2,1H3. The summed E-state index contributed by atoms with van der Waals surface area (Å²) in [6, 6.07) is 10.3. The van der Waals surface area contributed by atoms with Gasteiger partial charge in [0.25, 0.3) is 11.8 Å².